The molecule has 0 spiro atoms. The van der Waals surface area contributed by atoms with Gasteiger partial charge in [-0.05, 0) is 31.9 Å². The molecule has 1 aliphatic carbocycles. The number of rotatable bonds is 4. The molecule has 1 N–H and O–H groups in total. The molecule has 0 aromatic rings. The van der Waals surface area contributed by atoms with Crippen molar-refractivity contribution in [3.8, 4) is 0 Å². The second kappa shape index (κ2) is 4.86. The van der Waals surface area contributed by atoms with Crippen LogP contribution in [-0.2, 0) is 9.84 Å². The van der Waals surface area contributed by atoms with Crippen molar-refractivity contribution in [2.75, 3.05) is 24.3 Å². The molecule has 2 rings (SSSR count). The molecule has 0 aromatic heterocycles. The standard InChI is InChI=1S/C11H21NO2S2/c1-15-11(5-3-6-11)9-12-10-4-2-7-16(13,14)8-10/h10,12H,2-9H2,1H3. The number of hydrogen-bond donors (Lipinski definition) is 1. The molecule has 1 saturated heterocycles. The monoisotopic (exact) mass is 263 g/mol. The Balaban J connectivity index is 1.81. The number of nitrogens with one attached hydrogen (secondary N) is 1. The molecule has 5 heteroatoms. The number of thioether (sulfide) groups is 1. The maximum atomic E-state index is 11.5. The van der Waals surface area contributed by atoms with Crippen molar-refractivity contribution < 1.29 is 8.42 Å². The van der Waals surface area contributed by atoms with Gasteiger partial charge in [-0.3, -0.25) is 0 Å². The Morgan fingerprint density at radius 3 is 2.62 bits per heavy atom. The van der Waals surface area contributed by atoms with E-state index in [4.69, 9.17) is 0 Å². The maximum absolute atomic E-state index is 11.5. The highest BCUT2D eigenvalue weighted by molar-refractivity contribution is 8.00. The van der Waals surface area contributed by atoms with E-state index in [1.165, 1.54) is 19.3 Å². The lowest BCUT2D eigenvalue weighted by Gasteiger charge is -2.42. The second-order valence-corrected chi connectivity index (χ2v) is 8.58. The molecule has 3 nitrogen and oxygen atoms in total. The van der Waals surface area contributed by atoms with Crippen molar-refractivity contribution in [2.45, 2.75) is 42.9 Å². The van der Waals surface area contributed by atoms with E-state index in [1.54, 1.807) is 0 Å². The zero-order valence-electron chi connectivity index (χ0n) is 9.87. The molecular formula is C11H21NO2S2. The molecule has 0 aromatic carbocycles. The molecule has 0 bridgehead atoms. The summed E-state index contributed by atoms with van der Waals surface area (Å²) < 4.78 is 23.4. The first-order valence-electron chi connectivity index (χ1n) is 6.04. The third-order valence-corrected chi connectivity index (χ3v) is 7.11. The van der Waals surface area contributed by atoms with Gasteiger partial charge in [-0.15, -0.1) is 0 Å². The molecule has 1 aliphatic heterocycles. The topological polar surface area (TPSA) is 46.2 Å². The lowest BCUT2D eigenvalue weighted by molar-refractivity contribution is 0.327. The van der Waals surface area contributed by atoms with Crippen LogP contribution in [-0.4, -0.2) is 43.5 Å². The molecular weight excluding hydrogens is 242 g/mol. The fraction of sp³-hybridized carbons (Fsp3) is 1.00. The summed E-state index contributed by atoms with van der Waals surface area (Å²) in [4.78, 5) is 0. The van der Waals surface area contributed by atoms with E-state index in [9.17, 15) is 8.42 Å². The smallest absolute Gasteiger partial charge is 0.151 e. The fourth-order valence-electron chi connectivity index (χ4n) is 2.54. The Morgan fingerprint density at radius 2 is 2.12 bits per heavy atom. The van der Waals surface area contributed by atoms with E-state index >= 15 is 0 Å². The minimum Gasteiger partial charge on any atom is -0.312 e. The Bertz CT molecular complexity index is 330. The third kappa shape index (κ3) is 2.93. The molecule has 1 atom stereocenters. The van der Waals surface area contributed by atoms with Crippen LogP contribution in [0.15, 0.2) is 0 Å². The highest BCUT2D eigenvalue weighted by atomic mass is 32.2. The Morgan fingerprint density at radius 1 is 1.38 bits per heavy atom. The first-order valence-corrected chi connectivity index (χ1v) is 9.09. The minimum atomic E-state index is -2.76. The van der Waals surface area contributed by atoms with Gasteiger partial charge in [0.15, 0.2) is 9.84 Å². The average Bonchev–Trinajstić information content (AvgIpc) is 2.15. The molecule has 2 aliphatic rings. The van der Waals surface area contributed by atoms with E-state index in [-0.39, 0.29) is 6.04 Å². The largest absolute Gasteiger partial charge is 0.312 e. The van der Waals surface area contributed by atoms with Crippen LogP contribution in [0.5, 0.6) is 0 Å². The lowest BCUT2D eigenvalue weighted by atomic mass is 9.84. The van der Waals surface area contributed by atoms with Crippen LogP contribution in [0.1, 0.15) is 32.1 Å². The van der Waals surface area contributed by atoms with E-state index < -0.39 is 9.84 Å². The van der Waals surface area contributed by atoms with E-state index in [0.29, 0.717) is 16.3 Å². The molecule has 94 valence electrons. The van der Waals surface area contributed by atoms with Crippen molar-refractivity contribution >= 4 is 21.6 Å². The first kappa shape index (κ1) is 12.7. The second-order valence-electron chi connectivity index (χ2n) is 5.08. The van der Waals surface area contributed by atoms with Gasteiger partial charge in [0, 0.05) is 17.3 Å². The van der Waals surface area contributed by atoms with Crippen LogP contribution in [0.4, 0.5) is 0 Å². The van der Waals surface area contributed by atoms with Crippen LogP contribution in [0.2, 0.25) is 0 Å². The molecule has 1 saturated carbocycles. The highest BCUT2D eigenvalue weighted by Crippen LogP contribution is 2.42. The van der Waals surface area contributed by atoms with Gasteiger partial charge in [0.25, 0.3) is 0 Å². The summed E-state index contributed by atoms with van der Waals surface area (Å²) in [7, 11) is -2.76. The van der Waals surface area contributed by atoms with Crippen molar-refractivity contribution in [2.24, 2.45) is 0 Å². The highest BCUT2D eigenvalue weighted by Gasteiger charge is 2.37. The quantitative estimate of drug-likeness (QED) is 0.834. The first-order chi connectivity index (χ1) is 7.55. The van der Waals surface area contributed by atoms with Crippen LogP contribution in [0.25, 0.3) is 0 Å². The van der Waals surface area contributed by atoms with Gasteiger partial charge in [0.1, 0.15) is 0 Å². The van der Waals surface area contributed by atoms with E-state index in [0.717, 1.165) is 19.4 Å². The van der Waals surface area contributed by atoms with Crippen LogP contribution >= 0.6 is 11.8 Å². The SMILES string of the molecule is CSC1(CNC2CCCS(=O)(=O)C2)CCC1. The summed E-state index contributed by atoms with van der Waals surface area (Å²) >= 11 is 1.94. The number of sulfone groups is 1. The normalized spacial score (nSPS) is 31.9. The van der Waals surface area contributed by atoms with Crippen molar-refractivity contribution in [1.82, 2.24) is 5.32 Å². The number of hydrogen-bond acceptors (Lipinski definition) is 4. The average molecular weight is 263 g/mol. The van der Waals surface area contributed by atoms with E-state index in [1.807, 2.05) is 11.8 Å². The van der Waals surface area contributed by atoms with Gasteiger partial charge in [0.05, 0.1) is 11.5 Å². The van der Waals surface area contributed by atoms with Crippen molar-refractivity contribution in [1.29, 1.82) is 0 Å². The lowest BCUT2D eigenvalue weighted by Crippen LogP contribution is -2.49. The van der Waals surface area contributed by atoms with Gasteiger partial charge in [-0.25, -0.2) is 8.42 Å². The predicted molar refractivity (Wildman–Crippen MR) is 69.8 cm³/mol. The fourth-order valence-corrected chi connectivity index (χ4v) is 5.13. The van der Waals surface area contributed by atoms with Crippen molar-refractivity contribution in [3.63, 3.8) is 0 Å². The summed E-state index contributed by atoms with van der Waals surface area (Å²) in [6.07, 6.45) is 7.89. The van der Waals surface area contributed by atoms with Gasteiger partial charge in [-0.2, -0.15) is 11.8 Å². The summed E-state index contributed by atoms with van der Waals surface area (Å²) in [6.45, 7) is 0.981. The molecule has 0 radical (unpaired) electrons. The molecule has 1 unspecified atom stereocenters. The van der Waals surface area contributed by atoms with Crippen LogP contribution in [0.3, 0.4) is 0 Å². The Hall–Kier alpha value is 0.260. The van der Waals surface area contributed by atoms with Gasteiger partial charge in [0.2, 0.25) is 0 Å². The van der Waals surface area contributed by atoms with Crippen LogP contribution < -0.4 is 5.32 Å². The maximum Gasteiger partial charge on any atom is 0.151 e. The molecule has 0 amide bonds. The molecule has 1 heterocycles. The third-order valence-electron chi connectivity index (χ3n) is 3.87. The zero-order valence-corrected chi connectivity index (χ0v) is 11.5. The summed E-state index contributed by atoms with van der Waals surface area (Å²) in [6, 6.07) is 0.198. The minimum absolute atomic E-state index is 0.198. The van der Waals surface area contributed by atoms with Gasteiger partial charge < -0.3 is 5.32 Å². The van der Waals surface area contributed by atoms with Gasteiger partial charge in [-0.1, -0.05) is 6.42 Å². The summed E-state index contributed by atoms with van der Waals surface area (Å²) in [5.41, 5.74) is 0. The van der Waals surface area contributed by atoms with Crippen LogP contribution in [0, 0.1) is 0 Å². The Labute approximate surface area is 103 Å². The summed E-state index contributed by atoms with van der Waals surface area (Å²) in [5.74, 6) is 0.732. The van der Waals surface area contributed by atoms with Crippen molar-refractivity contribution in [3.05, 3.63) is 0 Å². The molecule has 16 heavy (non-hydrogen) atoms. The zero-order chi connectivity index (χ0) is 11.6. The Kier molecular flexibility index (Phi) is 3.86. The predicted octanol–water partition coefficient (Wildman–Crippen LogP) is 1.44. The van der Waals surface area contributed by atoms with Gasteiger partial charge >= 0.3 is 0 Å². The van der Waals surface area contributed by atoms with E-state index in [2.05, 4.69) is 11.6 Å². The molecule has 2 fully saturated rings. The summed E-state index contributed by atoms with van der Waals surface area (Å²) in [5, 5.41) is 3.47.